The molecule has 6 heteroatoms. The summed E-state index contributed by atoms with van der Waals surface area (Å²) in [5.41, 5.74) is 3.94. The highest BCUT2D eigenvalue weighted by molar-refractivity contribution is 7.19. The van der Waals surface area contributed by atoms with Crippen molar-refractivity contribution in [2.45, 2.75) is 0 Å². The van der Waals surface area contributed by atoms with Crippen LogP contribution in [0.3, 0.4) is 0 Å². The average Bonchev–Trinajstić information content (AvgIpc) is 3.08. The van der Waals surface area contributed by atoms with E-state index in [1.165, 1.54) is 0 Å². The third-order valence-corrected chi connectivity index (χ3v) is 4.26. The minimum Gasteiger partial charge on any atom is -0.262 e. The largest absolute Gasteiger partial charge is 0.262 e. The van der Waals surface area contributed by atoms with Crippen LogP contribution in [0.15, 0.2) is 36.7 Å². The second-order valence-corrected chi connectivity index (χ2v) is 5.75. The predicted octanol–water partition coefficient (Wildman–Crippen LogP) is 3.14. The van der Waals surface area contributed by atoms with Gasteiger partial charge in [0.15, 0.2) is 0 Å². The van der Waals surface area contributed by atoms with Crippen LogP contribution in [0.25, 0.3) is 33.4 Å². The van der Waals surface area contributed by atoms with Gasteiger partial charge in [0.2, 0.25) is 0 Å². The normalized spacial score (nSPS) is 11.9. The number of benzene rings is 1. The van der Waals surface area contributed by atoms with E-state index in [4.69, 9.17) is 0 Å². The molecule has 3 aromatic heterocycles. The number of nitrogens with zero attached hydrogens (tertiary/aromatic N) is 5. The van der Waals surface area contributed by atoms with E-state index in [0.29, 0.717) is 0 Å². The Morgan fingerprint density at radius 1 is 1.14 bits per heavy atom. The van der Waals surface area contributed by atoms with E-state index in [1.54, 1.807) is 28.4 Å². The van der Waals surface area contributed by atoms with Crippen LogP contribution in [0, 0.1) is 0 Å². The van der Waals surface area contributed by atoms with E-state index in [-0.39, 0.29) is 0 Å². The molecule has 0 aliphatic carbocycles. The van der Waals surface area contributed by atoms with Crippen LogP contribution in [-0.2, 0) is 7.05 Å². The summed E-state index contributed by atoms with van der Waals surface area (Å²) in [6.07, 6.45) is 7.63. The molecule has 0 atom stereocenters. The monoisotopic (exact) mass is 293 g/mol. The van der Waals surface area contributed by atoms with Crippen LogP contribution in [0.2, 0.25) is 0 Å². The third kappa shape index (κ3) is 2.19. The number of pyridine rings is 1. The summed E-state index contributed by atoms with van der Waals surface area (Å²) in [4.78, 5) is 8.61. The summed E-state index contributed by atoms with van der Waals surface area (Å²) in [6.45, 7) is 0. The Labute approximate surface area is 124 Å². The maximum Gasteiger partial charge on any atom is 0.117 e. The van der Waals surface area contributed by atoms with Crippen molar-refractivity contribution in [3.63, 3.8) is 0 Å². The fourth-order valence-electron chi connectivity index (χ4n) is 2.20. The Morgan fingerprint density at radius 2 is 2.10 bits per heavy atom. The van der Waals surface area contributed by atoms with E-state index in [1.807, 2.05) is 37.4 Å². The fraction of sp³-hybridized carbons (Fsp3) is 0.0667. The lowest BCUT2D eigenvalue weighted by Crippen LogP contribution is -1.88. The van der Waals surface area contributed by atoms with Gasteiger partial charge >= 0.3 is 0 Å². The van der Waals surface area contributed by atoms with Gasteiger partial charge in [0.1, 0.15) is 16.0 Å². The number of aryl methyl sites for hydroxylation is 1. The number of rotatable bonds is 2. The molecular formula is C15H11N5S. The molecule has 0 saturated heterocycles. The molecule has 102 valence electrons. The van der Waals surface area contributed by atoms with Gasteiger partial charge < -0.3 is 0 Å². The van der Waals surface area contributed by atoms with Gasteiger partial charge in [-0.3, -0.25) is 4.98 Å². The summed E-state index contributed by atoms with van der Waals surface area (Å²) < 4.78 is 2.91. The Morgan fingerprint density at radius 3 is 3.00 bits per heavy atom. The smallest absolute Gasteiger partial charge is 0.117 e. The van der Waals surface area contributed by atoms with Gasteiger partial charge in [-0.1, -0.05) is 17.4 Å². The average molecular weight is 293 g/mol. The summed E-state index contributed by atoms with van der Waals surface area (Å²) in [7, 11) is 1.89. The molecule has 0 N–H and O–H groups in total. The minimum absolute atomic E-state index is 0.896. The molecule has 21 heavy (non-hydrogen) atoms. The first-order valence-corrected chi connectivity index (χ1v) is 7.29. The van der Waals surface area contributed by atoms with Crippen LogP contribution < -0.4 is 0 Å². The summed E-state index contributed by atoms with van der Waals surface area (Å²) >= 11 is 1.65. The van der Waals surface area contributed by atoms with Gasteiger partial charge in [-0.25, -0.2) is 9.67 Å². The molecule has 0 bridgehead atoms. The molecule has 4 rings (SSSR count). The highest BCUT2D eigenvalue weighted by Crippen LogP contribution is 2.22. The van der Waals surface area contributed by atoms with Gasteiger partial charge in [0.25, 0.3) is 0 Å². The van der Waals surface area contributed by atoms with E-state index in [0.717, 1.165) is 31.8 Å². The standard InChI is InChI=1S/C15H11N5S/c1-20-13-4-2-10(8-11(13)18-19-20)3-5-15-17-12-9-16-7-6-14(12)21-15/h2-9H,1H3/b5-3+. The summed E-state index contributed by atoms with van der Waals surface area (Å²) in [5.74, 6) is 0. The number of hydrogen-bond donors (Lipinski definition) is 0. The maximum atomic E-state index is 4.53. The first-order valence-electron chi connectivity index (χ1n) is 6.48. The first kappa shape index (κ1) is 12.2. The topological polar surface area (TPSA) is 56.5 Å². The predicted molar refractivity (Wildman–Crippen MR) is 84.9 cm³/mol. The van der Waals surface area contributed by atoms with Gasteiger partial charge in [0, 0.05) is 13.2 Å². The van der Waals surface area contributed by atoms with E-state index >= 15 is 0 Å². The van der Waals surface area contributed by atoms with E-state index < -0.39 is 0 Å². The summed E-state index contributed by atoms with van der Waals surface area (Å²) in [6, 6.07) is 8.08. The van der Waals surface area contributed by atoms with Gasteiger partial charge in [-0.15, -0.1) is 16.4 Å². The highest BCUT2D eigenvalue weighted by Gasteiger charge is 2.02. The van der Waals surface area contributed by atoms with Crippen molar-refractivity contribution in [1.29, 1.82) is 0 Å². The second kappa shape index (κ2) is 4.75. The maximum absolute atomic E-state index is 4.53. The lowest BCUT2D eigenvalue weighted by Gasteiger charge is -1.94. The van der Waals surface area contributed by atoms with E-state index in [2.05, 4.69) is 26.3 Å². The molecule has 0 unspecified atom stereocenters. The van der Waals surface area contributed by atoms with Crippen molar-refractivity contribution < 1.29 is 0 Å². The van der Waals surface area contributed by atoms with Crippen LogP contribution in [0.1, 0.15) is 10.6 Å². The Bertz CT molecular complexity index is 933. The van der Waals surface area contributed by atoms with Crippen LogP contribution in [-0.4, -0.2) is 25.0 Å². The first-order chi connectivity index (χ1) is 10.3. The molecule has 5 nitrogen and oxygen atoms in total. The Balaban J connectivity index is 1.69. The van der Waals surface area contributed by atoms with Gasteiger partial charge in [-0.2, -0.15) is 0 Å². The molecule has 0 fully saturated rings. The zero-order valence-corrected chi connectivity index (χ0v) is 12.1. The number of fused-ring (bicyclic) bond motifs is 2. The molecule has 1 aromatic carbocycles. The Hall–Kier alpha value is -2.60. The highest BCUT2D eigenvalue weighted by atomic mass is 32.1. The van der Waals surface area contributed by atoms with Crippen molar-refractivity contribution in [1.82, 2.24) is 25.0 Å². The van der Waals surface area contributed by atoms with Crippen molar-refractivity contribution in [2.24, 2.45) is 7.05 Å². The van der Waals surface area contributed by atoms with Crippen LogP contribution in [0.4, 0.5) is 0 Å². The quantitative estimate of drug-likeness (QED) is 0.569. The van der Waals surface area contributed by atoms with Crippen LogP contribution >= 0.6 is 11.3 Å². The molecule has 4 aromatic rings. The van der Waals surface area contributed by atoms with Gasteiger partial charge in [0.05, 0.1) is 16.4 Å². The molecule has 0 spiro atoms. The lowest BCUT2D eigenvalue weighted by molar-refractivity contribution is 0.736. The molecule has 0 radical (unpaired) electrons. The molecule has 0 saturated carbocycles. The molecule has 0 amide bonds. The SMILES string of the molecule is Cn1nnc2cc(/C=C/c3nc4cnccc4s3)ccc21. The second-order valence-electron chi connectivity index (χ2n) is 4.69. The van der Waals surface area contributed by atoms with Crippen LogP contribution in [0.5, 0.6) is 0 Å². The van der Waals surface area contributed by atoms with Crippen molar-refractivity contribution in [3.05, 3.63) is 47.2 Å². The van der Waals surface area contributed by atoms with E-state index in [9.17, 15) is 0 Å². The van der Waals surface area contributed by atoms with Crippen molar-refractivity contribution in [3.8, 4) is 0 Å². The number of thiazole rings is 1. The summed E-state index contributed by atoms with van der Waals surface area (Å²) in [5, 5.41) is 9.11. The zero-order valence-electron chi connectivity index (χ0n) is 11.3. The molecular weight excluding hydrogens is 282 g/mol. The van der Waals surface area contributed by atoms with Crippen molar-refractivity contribution in [2.75, 3.05) is 0 Å². The van der Waals surface area contributed by atoms with Crippen molar-refractivity contribution >= 4 is 44.7 Å². The molecule has 0 aliphatic heterocycles. The fourth-order valence-corrected chi connectivity index (χ4v) is 3.04. The molecule has 3 heterocycles. The number of hydrogen-bond acceptors (Lipinski definition) is 5. The third-order valence-electron chi connectivity index (χ3n) is 3.26. The zero-order chi connectivity index (χ0) is 14.2. The Kier molecular flexibility index (Phi) is 2.75. The van der Waals surface area contributed by atoms with Gasteiger partial charge in [-0.05, 0) is 29.8 Å². The molecule has 0 aliphatic rings. The lowest BCUT2D eigenvalue weighted by atomic mass is 10.2. The number of aromatic nitrogens is 5. The minimum atomic E-state index is 0.896.